The van der Waals surface area contributed by atoms with Crippen LogP contribution in [0.5, 0.6) is 0 Å². The van der Waals surface area contributed by atoms with Gasteiger partial charge in [0, 0.05) is 38.8 Å². The summed E-state index contributed by atoms with van der Waals surface area (Å²) in [4.78, 5) is 30.7. The molecular formula is C19H24N4O2. The molecule has 0 spiro atoms. The van der Waals surface area contributed by atoms with Crippen LogP contribution in [0, 0.1) is 0 Å². The summed E-state index contributed by atoms with van der Waals surface area (Å²) in [6.45, 7) is 2.10. The van der Waals surface area contributed by atoms with E-state index in [0.29, 0.717) is 13.0 Å². The molecule has 1 aromatic heterocycles. The number of carbonyl (C=O) groups excluding carboxylic acids is 2. The molecule has 2 rings (SSSR count). The first-order chi connectivity index (χ1) is 12.0. The number of carbonyl (C=O) groups is 2. The molecule has 0 radical (unpaired) electrons. The van der Waals surface area contributed by atoms with Crippen LogP contribution in [0.1, 0.15) is 30.5 Å². The Kier molecular flexibility index (Phi) is 6.51. The number of nitrogens with zero attached hydrogens (tertiary/aromatic N) is 2. The van der Waals surface area contributed by atoms with Gasteiger partial charge in [0.2, 0.25) is 11.8 Å². The largest absolute Gasteiger partial charge is 0.362 e. The van der Waals surface area contributed by atoms with E-state index in [9.17, 15) is 9.59 Å². The van der Waals surface area contributed by atoms with Gasteiger partial charge >= 0.3 is 0 Å². The topological polar surface area (TPSA) is 74.3 Å². The van der Waals surface area contributed by atoms with Crippen LogP contribution < -0.4 is 15.5 Å². The normalized spacial score (nSPS) is 11.5. The number of amides is 2. The van der Waals surface area contributed by atoms with Crippen molar-refractivity contribution in [1.82, 2.24) is 15.6 Å². The number of rotatable bonds is 7. The molecule has 132 valence electrons. The maximum absolute atomic E-state index is 12.7. The summed E-state index contributed by atoms with van der Waals surface area (Å²) in [5.41, 5.74) is 1.66. The lowest BCUT2D eigenvalue weighted by molar-refractivity contribution is -0.129. The number of anilines is 1. The molecule has 25 heavy (non-hydrogen) atoms. The summed E-state index contributed by atoms with van der Waals surface area (Å²) in [7, 11) is 3.81. The highest BCUT2D eigenvalue weighted by Crippen LogP contribution is 2.16. The third-order valence-corrected chi connectivity index (χ3v) is 3.77. The Labute approximate surface area is 148 Å². The minimum absolute atomic E-state index is 0.167. The number of aromatic nitrogens is 1. The van der Waals surface area contributed by atoms with Gasteiger partial charge in [-0.2, -0.15) is 0 Å². The third kappa shape index (κ3) is 5.04. The van der Waals surface area contributed by atoms with Crippen LogP contribution in [-0.2, 0) is 16.1 Å². The average molecular weight is 340 g/mol. The third-order valence-electron chi connectivity index (χ3n) is 3.77. The molecule has 0 fully saturated rings. The minimum Gasteiger partial charge on any atom is -0.362 e. The number of hydrogen-bond donors (Lipinski definition) is 2. The van der Waals surface area contributed by atoms with Crippen LogP contribution in [0.3, 0.4) is 0 Å². The van der Waals surface area contributed by atoms with Crippen LogP contribution in [0.25, 0.3) is 0 Å². The molecule has 6 nitrogen and oxygen atoms in total. The second-order valence-corrected chi connectivity index (χ2v) is 5.86. The van der Waals surface area contributed by atoms with E-state index in [1.54, 1.807) is 13.1 Å². The molecule has 1 heterocycles. The summed E-state index contributed by atoms with van der Waals surface area (Å²) < 4.78 is 0. The van der Waals surface area contributed by atoms with Crippen molar-refractivity contribution in [2.24, 2.45) is 0 Å². The SMILES string of the molecule is CCC(=O)N[C@@H](C(=O)NCc1cccnc1N(C)C)c1ccccc1. The van der Waals surface area contributed by atoms with Gasteiger partial charge in [-0.25, -0.2) is 4.98 Å². The van der Waals surface area contributed by atoms with Crippen LogP contribution in [0.15, 0.2) is 48.7 Å². The van der Waals surface area contributed by atoms with E-state index in [4.69, 9.17) is 0 Å². The minimum atomic E-state index is -0.715. The van der Waals surface area contributed by atoms with Crippen molar-refractivity contribution < 1.29 is 9.59 Å². The van der Waals surface area contributed by atoms with E-state index >= 15 is 0 Å². The lowest BCUT2D eigenvalue weighted by Crippen LogP contribution is -2.40. The Balaban J connectivity index is 2.14. The lowest BCUT2D eigenvalue weighted by Gasteiger charge is -2.20. The van der Waals surface area contributed by atoms with Crippen LogP contribution in [-0.4, -0.2) is 30.9 Å². The van der Waals surface area contributed by atoms with Crippen molar-refractivity contribution in [2.75, 3.05) is 19.0 Å². The molecule has 2 aromatic rings. The second-order valence-electron chi connectivity index (χ2n) is 5.86. The molecule has 2 amide bonds. The Hall–Kier alpha value is -2.89. The maximum atomic E-state index is 12.7. The Bertz CT molecular complexity index is 716. The number of pyridine rings is 1. The number of hydrogen-bond acceptors (Lipinski definition) is 4. The zero-order chi connectivity index (χ0) is 18.2. The monoisotopic (exact) mass is 340 g/mol. The first-order valence-electron chi connectivity index (χ1n) is 8.26. The zero-order valence-electron chi connectivity index (χ0n) is 14.8. The van der Waals surface area contributed by atoms with Crippen LogP contribution >= 0.6 is 0 Å². The van der Waals surface area contributed by atoms with Crippen molar-refractivity contribution in [1.29, 1.82) is 0 Å². The predicted octanol–water partition coefficient (Wildman–Crippen LogP) is 2.03. The second kappa shape index (κ2) is 8.82. The molecule has 0 aliphatic carbocycles. The van der Waals surface area contributed by atoms with Gasteiger partial charge in [0.1, 0.15) is 11.9 Å². The highest BCUT2D eigenvalue weighted by molar-refractivity contribution is 5.88. The quantitative estimate of drug-likeness (QED) is 0.809. The molecule has 0 bridgehead atoms. The molecule has 0 saturated heterocycles. The average Bonchev–Trinajstić information content (AvgIpc) is 2.64. The van der Waals surface area contributed by atoms with Crippen LogP contribution in [0.2, 0.25) is 0 Å². The highest BCUT2D eigenvalue weighted by atomic mass is 16.2. The lowest BCUT2D eigenvalue weighted by atomic mass is 10.1. The summed E-state index contributed by atoms with van der Waals surface area (Å²) in [5, 5.41) is 5.68. The Morgan fingerprint density at radius 1 is 1.12 bits per heavy atom. The van der Waals surface area contributed by atoms with E-state index in [0.717, 1.165) is 16.9 Å². The summed E-state index contributed by atoms with van der Waals surface area (Å²) >= 11 is 0. The number of benzene rings is 1. The van der Waals surface area contributed by atoms with Gasteiger partial charge < -0.3 is 15.5 Å². The van der Waals surface area contributed by atoms with Crippen molar-refractivity contribution in [2.45, 2.75) is 25.9 Å². The van der Waals surface area contributed by atoms with E-state index in [1.165, 1.54) is 0 Å². The fourth-order valence-electron chi connectivity index (χ4n) is 2.46. The first-order valence-corrected chi connectivity index (χ1v) is 8.26. The molecule has 1 aromatic carbocycles. The molecule has 2 N–H and O–H groups in total. The molecule has 1 atom stereocenters. The van der Waals surface area contributed by atoms with Gasteiger partial charge in [-0.3, -0.25) is 9.59 Å². The summed E-state index contributed by atoms with van der Waals surface area (Å²) in [5.74, 6) is 0.387. The standard InChI is InChI=1S/C19H24N4O2/c1-4-16(24)22-17(14-9-6-5-7-10-14)19(25)21-13-15-11-8-12-20-18(15)23(2)3/h5-12,17H,4,13H2,1-3H3,(H,21,25)(H,22,24)/t17-/m1/s1. The molecule has 0 saturated carbocycles. The first kappa shape index (κ1) is 18.4. The van der Waals surface area contributed by atoms with Gasteiger partial charge in [-0.05, 0) is 11.6 Å². The number of nitrogens with one attached hydrogen (secondary N) is 2. The molecule has 0 unspecified atom stereocenters. The van der Waals surface area contributed by atoms with E-state index in [2.05, 4.69) is 15.6 Å². The molecule has 6 heteroatoms. The fraction of sp³-hybridized carbons (Fsp3) is 0.316. The van der Waals surface area contributed by atoms with Crippen molar-refractivity contribution in [3.8, 4) is 0 Å². The van der Waals surface area contributed by atoms with Crippen molar-refractivity contribution in [3.05, 3.63) is 59.8 Å². The summed E-state index contributed by atoms with van der Waals surface area (Å²) in [6, 6.07) is 12.3. The van der Waals surface area contributed by atoms with E-state index in [1.807, 2.05) is 61.5 Å². The fourth-order valence-corrected chi connectivity index (χ4v) is 2.46. The molecule has 0 aliphatic heterocycles. The van der Waals surface area contributed by atoms with Gasteiger partial charge in [0.15, 0.2) is 0 Å². The highest BCUT2D eigenvalue weighted by Gasteiger charge is 2.22. The van der Waals surface area contributed by atoms with E-state index < -0.39 is 6.04 Å². The maximum Gasteiger partial charge on any atom is 0.247 e. The Morgan fingerprint density at radius 2 is 1.84 bits per heavy atom. The molecular weight excluding hydrogens is 316 g/mol. The Morgan fingerprint density at radius 3 is 2.48 bits per heavy atom. The van der Waals surface area contributed by atoms with Crippen molar-refractivity contribution in [3.63, 3.8) is 0 Å². The zero-order valence-corrected chi connectivity index (χ0v) is 14.8. The van der Waals surface area contributed by atoms with Crippen molar-refractivity contribution >= 4 is 17.6 Å². The van der Waals surface area contributed by atoms with Gasteiger partial charge in [-0.1, -0.05) is 43.3 Å². The van der Waals surface area contributed by atoms with Gasteiger partial charge in [0.25, 0.3) is 0 Å². The smallest absolute Gasteiger partial charge is 0.247 e. The van der Waals surface area contributed by atoms with E-state index in [-0.39, 0.29) is 11.8 Å². The predicted molar refractivity (Wildman–Crippen MR) is 98.0 cm³/mol. The molecule has 0 aliphatic rings. The van der Waals surface area contributed by atoms with Crippen LogP contribution in [0.4, 0.5) is 5.82 Å². The summed E-state index contributed by atoms with van der Waals surface area (Å²) in [6.07, 6.45) is 2.04. The van der Waals surface area contributed by atoms with Gasteiger partial charge in [-0.15, -0.1) is 0 Å². The van der Waals surface area contributed by atoms with Gasteiger partial charge in [0.05, 0.1) is 0 Å².